The number of piperidine rings is 1. The van der Waals surface area contributed by atoms with Gasteiger partial charge in [-0.3, -0.25) is 43.2 Å². The van der Waals surface area contributed by atoms with E-state index in [1.807, 2.05) is 0 Å². The number of nitrogens with one attached hydrogen (secondary N) is 7. The van der Waals surface area contributed by atoms with E-state index >= 15 is 0 Å². The molecule has 28 heteroatoms. The van der Waals surface area contributed by atoms with Crippen LogP contribution >= 0.6 is 15.9 Å². The highest BCUT2D eigenvalue weighted by Gasteiger charge is 2.47. The number of cyclic esters (lactones) is 1. The molecule has 2 heterocycles. The van der Waals surface area contributed by atoms with Crippen molar-refractivity contribution in [3.05, 3.63) is 87.9 Å². The van der Waals surface area contributed by atoms with Gasteiger partial charge in [-0.25, -0.2) is 4.79 Å². The van der Waals surface area contributed by atoms with E-state index in [2.05, 4.69) is 53.1 Å². The minimum Gasteiger partial charge on any atom is -0.508 e. The summed E-state index contributed by atoms with van der Waals surface area (Å²) in [7, 11) is 1.22. The number of phenols is 3. The van der Waals surface area contributed by atoms with Gasteiger partial charge in [-0.05, 0) is 147 Å². The Hall–Kier alpha value is -7.92. The Morgan fingerprint density at radius 1 is 0.716 bits per heavy atom. The summed E-state index contributed by atoms with van der Waals surface area (Å²) in [4.78, 5) is 145. The topological polar surface area (TPSA) is 412 Å². The van der Waals surface area contributed by atoms with E-state index in [-0.39, 0.29) is 60.2 Å². The molecule has 14 N–H and O–H groups in total. The van der Waals surface area contributed by atoms with Crippen molar-refractivity contribution in [1.82, 2.24) is 47.0 Å². The number of amides is 9. The number of carbonyl (C=O) groups excluding carboxylic acids is 10. The maximum absolute atomic E-state index is 15.0. The number of esters is 1. The fourth-order valence-electron chi connectivity index (χ4n) is 10.1. The first-order valence-corrected chi connectivity index (χ1v) is 29.8. The Balaban J connectivity index is 1.52. The molecule has 2 bridgehead atoms. The van der Waals surface area contributed by atoms with Gasteiger partial charge in [0, 0.05) is 13.5 Å². The molecule has 0 spiro atoms. The van der Waals surface area contributed by atoms with E-state index in [1.165, 1.54) is 70.3 Å². The van der Waals surface area contributed by atoms with Gasteiger partial charge >= 0.3 is 5.97 Å². The lowest BCUT2D eigenvalue weighted by atomic mass is 9.96. The zero-order valence-electron chi connectivity index (χ0n) is 50.3. The number of aryl methyl sites for hydroxylation is 2. The van der Waals surface area contributed by atoms with Crippen LogP contribution in [0.5, 0.6) is 17.2 Å². The maximum Gasteiger partial charge on any atom is 0.329 e. The summed E-state index contributed by atoms with van der Waals surface area (Å²) >= 11 is 3.25. The number of fused-ring (bicyclic) bond motifs is 2. The van der Waals surface area contributed by atoms with E-state index in [0.717, 1.165) is 10.5 Å². The van der Waals surface area contributed by atoms with Crippen LogP contribution in [0.15, 0.2) is 71.2 Å². The molecule has 2 aliphatic rings. The summed E-state index contributed by atoms with van der Waals surface area (Å²) in [6.07, 6.45) is -7.12. The zero-order chi connectivity index (χ0) is 65.4. The highest BCUT2D eigenvalue weighted by Crippen LogP contribution is 2.28. The molecule has 0 radical (unpaired) electrons. The molecule has 0 aliphatic carbocycles. The van der Waals surface area contributed by atoms with Crippen LogP contribution in [0.1, 0.15) is 97.3 Å². The van der Waals surface area contributed by atoms with Crippen molar-refractivity contribution in [3.8, 4) is 17.2 Å². The second kappa shape index (κ2) is 32.3. The molecule has 3 aromatic carbocycles. The third-order valence-electron chi connectivity index (χ3n) is 15.3. The van der Waals surface area contributed by atoms with Crippen molar-refractivity contribution in [1.29, 1.82) is 0 Å². The number of hydrogen-bond donors (Lipinski definition) is 14. The molecule has 2 fully saturated rings. The number of aromatic hydroxyl groups is 3. The third-order valence-corrected chi connectivity index (χ3v) is 16.0. The monoisotopic (exact) mass is 1300 g/mol. The van der Waals surface area contributed by atoms with Crippen LogP contribution in [-0.4, -0.2) is 197 Å². The SMILES string of the molecule is CC(C)[C@H](NC(=O)[C@H](C)NC(=O)[C@H](CCCc1ccc(O)cc1)NC(=O)[C@H](O)CO)C(=O)N[C@@H]1C(=O)N[C@@H](CCc2ccc(O)cc2)C(=O)N[C@H]2CC[C@@H](O)N(C2=O)[C@@H]([C@@H](C)O)C(=O)N(C)[C@@H](Cc2ccc(O)c(Br)c2)C(=O)N[C@@H](C(C)C)C(=O)O[C@@H]1C. The highest BCUT2D eigenvalue weighted by molar-refractivity contribution is 9.10. The smallest absolute Gasteiger partial charge is 0.329 e. The number of halogens is 1. The lowest BCUT2D eigenvalue weighted by Gasteiger charge is -2.43. The van der Waals surface area contributed by atoms with Crippen LogP contribution in [0.2, 0.25) is 0 Å². The number of rotatable bonds is 21. The molecule has 2 saturated heterocycles. The number of nitrogens with zero attached hydrogens (tertiary/aromatic N) is 2. The van der Waals surface area contributed by atoms with Gasteiger partial charge < -0.3 is 87.5 Å². The fraction of sp³-hybridized carbons (Fsp3) is 0.533. The van der Waals surface area contributed by atoms with E-state index in [4.69, 9.17) is 4.74 Å². The lowest BCUT2D eigenvalue weighted by Crippen LogP contribution is -2.67. The summed E-state index contributed by atoms with van der Waals surface area (Å²) in [5.41, 5.74) is 1.76. The molecule has 3 aromatic rings. The average Bonchev–Trinajstić information content (AvgIpc) is 1.83. The molecule has 0 saturated carbocycles. The third kappa shape index (κ3) is 19.3. The average molecular weight is 1300 g/mol. The van der Waals surface area contributed by atoms with E-state index in [1.54, 1.807) is 52.0 Å². The van der Waals surface area contributed by atoms with Crippen LogP contribution in [0.4, 0.5) is 0 Å². The molecule has 0 aromatic heterocycles. The molecule has 27 nitrogen and oxygen atoms in total. The molecular formula is C60H82BrN9O18. The quantitative estimate of drug-likeness (QED) is 0.0587. The van der Waals surface area contributed by atoms with Gasteiger partial charge in [0.1, 0.15) is 84.0 Å². The van der Waals surface area contributed by atoms with E-state index in [9.17, 15) is 83.7 Å². The van der Waals surface area contributed by atoms with Crippen molar-refractivity contribution in [2.75, 3.05) is 13.7 Å². The van der Waals surface area contributed by atoms with Gasteiger partial charge in [-0.15, -0.1) is 0 Å². The number of hydrogen-bond acceptors (Lipinski definition) is 18. The number of aliphatic hydroxyl groups is 4. The van der Waals surface area contributed by atoms with E-state index < -0.39 is 156 Å². The van der Waals surface area contributed by atoms with Gasteiger partial charge in [0.05, 0.1) is 17.2 Å². The second-order valence-electron chi connectivity index (χ2n) is 22.9. The first-order valence-electron chi connectivity index (χ1n) is 29.0. The number of ether oxygens (including phenoxy) is 1. The first-order chi connectivity index (χ1) is 41.4. The molecule has 2 aliphatic heterocycles. The summed E-state index contributed by atoms with van der Waals surface area (Å²) in [5.74, 6) is -11.9. The van der Waals surface area contributed by atoms with Crippen molar-refractivity contribution < 1.29 is 88.4 Å². The first kappa shape index (κ1) is 70.8. The van der Waals surface area contributed by atoms with Crippen LogP contribution in [-0.2, 0) is 71.9 Å². The predicted octanol–water partition coefficient (Wildman–Crippen LogP) is -0.695. The molecule has 5 rings (SSSR count). The Bertz CT molecular complexity index is 2970. The van der Waals surface area contributed by atoms with Crippen LogP contribution in [0, 0.1) is 11.8 Å². The van der Waals surface area contributed by atoms with Gasteiger partial charge in [0.2, 0.25) is 47.3 Å². The van der Waals surface area contributed by atoms with Crippen LogP contribution < -0.4 is 37.2 Å². The Labute approximate surface area is 517 Å². The predicted molar refractivity (Wildman–Crippen MR) is 319 cm³/mol. The number of aliphatic hydroxyl groups excluding tert-OH is 4. The van der Waals surface area contributed by atoms with Gasteiger partial charge in [0.25, 0.3) is 5.91 Å². The standard InChI is InChI=1S/C60H82BrN9O18/c1-29(2)47(66-51(78)31(5)62-52(79)40(63-55(82)45(76)28-71)11-9-10-34-12-18-37(73)19-13-34)56(83)68-49-33(7)88-60(87)48(30(3)4)67-54(81)43(27-36-17-24-44(75)39(61)26-36)69(8)59(86)50(32(6)72)70-46(77)25-23-42(58(70)85)65-53(80)41(64-57(49)84)22-16-35-14-20-38(74)21-15-35/h12-15,17-21,24,26,29-33,40-43,45-50,71-77H,9-11,16,22-23,25,27-28H2,1-8H3,(H,62,79)(H,63,82)(H,64,84)(H,65,80)(H,66,78)(H,67,81)(H,68,83)/t31-,32+,33+,40-,41-,42-,43-,45+,46+,47-,48-,49-,50-/m0/s1. The van der Waals surface area contributed by atoms with E-state index in [0.29, 0.717) is 28.9 Å². The summed E-state index contributed by atoms with van der Waals surface area (Å²) in [6, 6.07) is 2.28. The molecule has 0 unspecified atom stereocenters. The molecule has 13 atom stereocenters. The number of carbonyl (C=O) groups is 10. The van der Waals surface area contributed by atoms with Crippen molar-refractivity contribution in [2.24, 2.45) is 11.8 Å². The molecule has 482 valence electrons. The number of likely N-dealkylation sites (N-methyl/N-ethyl adjacent to an activating group) is 1. The summed E-state index contributed by atoms with van der Waals surface area (Å²) < 4.78 is 6.16. The van der Waals surface area contributed by atoms with Gasteiger partial charge in [0.15, 0.2) is 6.10 Å². The molecule has 88 heavy (non-hydrogen) atoms. The summed E-state index contributed by atoms with van der Waals surface area (Å²) in [5, 5.41) is 89.9. The van der Waals surface area contributed by atoms with Gasteiger partial charge in [-0.2, -0.15) is 0 Å². The fourth-order valence-corrected chi connectivity index (χ4v) is 10.5. The Kier molecular flexibility index (Phi) is 26.0. The van der Waals surface area contributed by atoms with Crippen molar-refractivity contribution >= 4 is 75.1 Å². The van der Waals surface area contributed by atoms with Crippen LogP contribution in [0.3, 0.4) is 0 Å². The number of benzene rings is 3. The van der Waals surface area contributed by atoms with Crippen molar-refractivity contribution in [3.63, 3.8) is 0 Å². The zero-order valence-corrected chi connectivity index (χ0v) is 51.9. The Morgan fingerprint density at radius 3 is 1.89 bits per heavy atom. The second-order valence-corrected chi connectivity index (χ2v) is 23.8. The van der Waals surface area contributed by atoms with Crippen LogP contribution in [0.25, 0.3) is 0 Å². The highest BCUT2D eigenvalue weighted by atomic mass is 79.9. The lowest BCUT2D eigenvalue weighted by molar-refractivity contribution is -0.170. The molecule has 9 amide bonds. The van der Waals surface area contributed by atoms with Crippen molar-refractivity contribution in [2.45, 2.75) is 179 Å². The minimum absolute atomic E-state index is 0.0121. The Morgan fingerprint density at radius 2 is 1.32 bits per heavy atom. The minimum atomic E-state index is -1.92. The maximum atomic E-state index is 15.0. The normalized spacial score (nSPS) is 23.4. The summed E-state index contributed by atoms with van der Waals surface area (Å²) in [6.45, 7) is 8.96. The number of phenolic OH excluding ortho intramolecular Hbond substituents is 3. The van der Waals surface area contributed by atoms with Gasteiger partial charge in [-0.1, -0.05) is 58.0 Å². The largest absolute Gasteiger partial charge is 0.508 e. The molecular weight excluding hydrogens is 1210 g/mol.